The van der Waals surface area contributed by atoms with Crippen molar-refractivity contribution in [3.63, 3.8) is 0 Å². The van der Waals surface area contributed by atoms with Gasteiger partial charge in [-0.15, -0.1) is 24.8 Å². The predicted octanol–water partition coefficient (Wildman–Crippen LogP) is 3.15. The second-order valence-corrected chi connectivity index (χ2v) is 5.13. The molecule has 0 spiro atoms. The summed E-state index contributed by atoms with van der Waals surface area (Å²) in [5.41, 5.74) is 8.42. The fraction of sp³-hybridized carbons (Fsp3) is 0.353. The molecule has 3 N–H and O–H groups in total. The number of hydrogen-bond donors (Lipinski definition) is 2. The van der Waals surface area contributed by atoms with Crippen LogP contribution < -0.4 is 16.0 Å². The number of hydrogen-bond acceptors (Lipinski definition) is 4. The van der Waals surface area contributed by atoms with Crippen LogP contribution in [0.25, 0.3) is 0 Å². The monoisotopic (exact) mass is 373 g/mol. The first-order valence-electron chi connectivity index (χ1n) is 7.52. The number of nitrogens with two attached hydrogens (primary N) is 1. The smallest absolute Gasteiger partial charge is 0.254 e. The van der Waals surface area contributed by atoms with E-state index in [2.05, 4.69) is 36.2 Å². The molecule has 0 saturated heterocycles. The second-order valence-electron chi connectivity index (χ2n) is 5.13. The van der Waals surface area contributed by atoms with Crippen molar-refractivity contribution in [2.45, 2.75) is 20.4 Å². The van der Waals surface area contributed by atoms with Gasteiger partial charge in [-0.1, -0.05) is 18.2 Å². The second kappa shape index (κ2) is 11.0. The molecule has 1 amide bonds. The van der Waals surface area contributed by atoms with Crippen molar-refractivity contribution < 1.29 is 9.21 Å². The molecule has 0 aliphatic heterocycles. The van der Waals surface area contributed by atoms with Crippen LogP contribution in [-0.2, 0) is 6.54 Å². The predicted molar refractivity (Wildman–Crippen MR) is 102 cm³/mol. The molecule has 0 saturated carbocycles. The third kappa shape index (κ3) is 5.74. The number of nitrogens with one attached hydrogen (secondary N) is 1. The van der Waals surface area contributed by atoms with Gasteiger partial charge in [-0.05, 0) is 31.5 Å². The molecule has 0 unspecified atom stereocenters. The number of amides is 1. The molecule has 0 atom stereocenters. The number of rotatable bonds is 7. The van der Waals surface area contributed by atoms with Crippen LogP contribution in [0, 0.1) is 6.92 Å². The number of furan rings is 1. The number of aryl methyl sites for hydroxylation is 1. The number of carbonyl (C=O) groups is 1. The third-order valence-electron chi connectivity index (χ3n) is 3.62. The molecule has 2 rings (SSSR count). The number of para-hydroxylation sites is 1. The van der Waals surface area contributed by atoms with Gasteiger partial charge in [-0.25, -0.2) is 0 Å². The van der Waals surface area contributed by atoms with Crippen LogP contribution in [0.5, 0.6) is 0 Å². The van der Waals surface area contributed by atoms with Crippen molar-refractivity contribution in [1.82, 2.24) is 5.32 Å². The van der Waals surface area contributed by atoms with Crippen molar-refractivity contribution in [2.75, 3.05) is 24.5 Å². The molecular formula is C17H25Cl2N3O2. The molecule has 7 heteroatoms. The Morgan fingerprint density at radius 3 is 2.58 bits per heavy atom. The van der Waals surface area contributed by atoms with Gasteiger partial charge >= 0.3 is 0 Å². The van der Waals surface area contributed by atoms with Gasteiger partial charge in [0.05, 0.1) is 12.1 Å². The third-order valence-corrected chi connectivity index (χ3v) is 3.62. The maximum Gasteiger partial charge on any atom is 0.254 e. The fourth-order valence-electron chi connectivity index (χ4n) is 2.38. The molecule has 5 nitrogen and oxygen atoms in total. The van der Waals surface area contributed by atoms with Crippen molar-refractivity contribution in [3.05, 3.63) is 53.5 Å². The Bertz CT molecular complexity index is 632. The summed E-state index contributed by atoms with van der Waals surface area (Å²) in [6.45, 7) is 6.72. The number of carbonyl (C=O) groups excluding carboxylic acids is 1. The summed E-state index contributed by atoms with van der Waals surface area (Å²) >= 11 is 0. The first-order valence-corrected chi connectivity index (χ1v) is 7.52. The lowest BCUT2D eigenvalue weighted by Gasteiger charge is -2.25. The minimum absolute atomic E-state index is 0. The Morgan fingerprint density at radius 2 is 2.00 bits per heavy atom. The molecular weight excluding hydrogens is 349 g/mol. The Labute approximate surface area is 155 Å². The highest BCUT2D eigenvalue weighted by Gasteiger charge is 2.11. The van der Waals surface area contributed by atoms with Crippen LogP contribution >= 0.6 is 24.8 Å². The molecule has 2 aromatic rings. The first kappa shape index (κ1) is 22.3. The lowest BCUT2D eigenvalue weighted by molar-refractivity contribution is 0.0954. The van der Waals surface area contributed by atoms with E-state index in [0.717, 1.165) is 13.1 Å². The molecule has 134 valence electrons. The summed E-state index contributed by atoms with van der Waals surface area (Å²) in [7, 11) is 0. The summed E-state index contributed by atoms with van der Waals surface area (Å²) in [6, 6.07) is 9.93. The van der Waals surface area contributed by atoms with Crippen LogP contribution in [0.15, 0.2) is 41.0 Å². The van der Waals surface area contributed by atoms with E-state index in [1.807, 2.05) is 12.1 Å². The molecule has 1 heterocycles. The van der Waals surface area contributed by atoms with Gasteiger partial charge < -0.3 is 20.4 Å². The highest BCUT2D eigenvalue weighted by molar-refractivity contribution is 5.94. The SMILES string of the molecule is CCN(CCNC(=O)c1coc(CN)c1)c1ccccc1C.Cl.Cl. The maximum absolute atomic E-state index is 12.0. The van der Waals surface area contributed by atoms with Crippen molar-refractivity contribution in [1.29, 1.82) is 0 Å². The van der Waals surface area contributed by atoms with Crippen LogP contribution in [0.2, 0.25) is 0 Å². The highest BCUT2D eigenvalue weighted by atomic mass is 35.5. The van der Waals surface area contributed by atoms with Gasteiger partial charge in [0.2, 0.25) is 0 Å². The first-order chi connectivity index (χ1) is 10.7. The zero-order chi connectivity index (χ0) is 15.9. The van der Waals surface area contributed by atoms with Gasteiger partial charge in [0, 0.05) is 25.3 Å². The van der Waals surface area contributed by atoms with E-state index in [-0.39, 0.29) is 30.7 Å². The Morgan fingerprint density at radius 1 is 1.29 bits per heavy atom. The van der Waals surface area contributed by atoms with Crippen molar-refractivity contribution >= 4 is 36.4 Å². The number of nitrogens with zero attached hydrogens (tertiary/aromatic N) is 1. The molecule has 1 aromatic heterocycles. The largest absolute Gasteiger partial charge is 0.467 e. The zero-order valence-corrected chi connectivity index (χ0v) is 15.6. The van der Waals surface area contributed by atoms with E-state index in [1.54, 1.807) is 6.07 Å². The Kier molecular flexibility index (Phi) is 10.2. The Hall–Kier alpha value is -1.69. The number of halogens is 2. The minimum atomic E-state index is -0.135. The molecule has 0 aliphatic carbocycles. The van der Waals surface area contributed by atoms with Crippen LogP contribution in [0.1, 0.15) is 28.6 Å². The highest BCUT2D eigenvalue weighted by Crippen LogP contribution is 2.18. The van der Waals surface area contributed by atoms with E-state index in [9.17, 15) is 4.79 Å². The number of benzene rings is 1. The minimum Gasteiger partial charge on any atom is -0.467 e. The fourth-order valence-corrected chi connectivity index (χ4v) is 2.38. The van der Waals surface area contributed by atoms with Crippen molar-refractivity contribution in [2.24, 2.45) is 5.73 Å². The Balaban J connectivity index is 0.00000264. The molecule has 1 aromatic carbocycles. The topological polar surface area (TPSA) is 71.5 Å². The quantitative estimate of drug-likeness (QED) is 0.781. The number of anilines is 1. The van der Waals surface area contributed by atoms with Crippen LogP contribution in [0.3, 0.4) is 0 Å². The van der Waals surface area contributed by atoms with Crippen LogP contribution in [-0.4, -0.2) is 25.5 Å². The van der Waals surface area contributed by atoms with E-state index in [4.69, 9.17) is 10.2 Å². The van der Waals surface area contributed by atoms with Gasteiger partial charge in [-0.2, -0.15) is 0 Å². The molecule has 0 fully saturated rings. The zero-order valence-electron chi connectivity index (χ0n) is 14.0. The van der Waals surface area contributed by atoms with Crippen molar-refractivity contribution in [3.8, 4) is 0 Å². The van der Waals surface area contributed by atoms with E-state index in [1.165, 1.54) is 17.5 Å². The van der Waals surface area contributed by atoms with Gasteiger partial charge in [0.15, 0.2) is 0 Å². The average molecular weight is 374 g/mol. The molecule has 24 heavy (non-hydrogen) atoms. The van der Waals surface area contributed by atoms with Gasteiger partial charge in [0.1, 0.15) is 12.0 Å². The van der Waals surface area contributed by atoms with Gasteiger partial charge in [-0.3, -0.25) is 4.79 Å². The summed E-state index contributed by atoms with van der Waals surface area (Å²) in [4.78, 5) is 14.3. The molecule has 0 radical (unpaired) electrons. The van der Waals surface area contributed by atoms with E-state index in [0.29, 0.717) is 24.4 Å². The average Bonchev–Trinajstić information content (AvgIpc) is 3.01. The lowest BCUT2D eigenvalue weighted by atomic mass is 10.2. The van der Waals surface area contributed by atoms with E-state index < -0.39 is 0 Å². The summed E-state index contributed by atoms with van der Waals surface area (Å²) in [5, 5.41) is 2.91. The summed E-state index contributed by atoms with van der Waals surface area (Å²) in [5.74, 6) is 0.476. The maximum atomic E-state index is 12.0. The molecule has 0 aliphatic rings. The van der Waals surface area contributed by atoms with Gasteiger partial charge in [0.25, 0.3) is 5.91 Å². The normalized spacial score (nSPS) is 9.62. The summed E-state index contributed by atoms with van der Waals surface area (Å²) in [6.07, 6.45) is 1.44. The number of likely N-dealkylation sites (N-methyl/N-ethyl adjacent to an activating group) is 1. The summed E-state index contributed by atoms with van der Waals surface area (Å²) < 4.78 is 5.17. The van der Waals surface area contributed by atoms with E-state index >= 15 is 0 Å². The molecule has 0 bridgehead atoms. The van der Waals surface area contributed by atoms with Crippen LogP contribution in [0.4, 0.5) is 5.69 Å². The standard InChI is InChI=1S/C17H23N3O2.2ClH/c1-3-20(16-7-5-4-6-13(16)2)9-8-19-17(21)14-10-15(11-18)22-12-14;;/h4-7,10,12H,3,8-9,11,18H2,1-2H3,(H,19,21);2*1H. The lowest BCUT2D eigenvalue weighted by Crippen LogP contribution is -2.35.